The van der Waals surface area contributed by atoms with E-state index >= 15 is 0 Å². The monoisotopic (exact) mass is 502 g/mol. The molecule has 2 aliphatic rings. The molecule has 0 spiro atoms. The van der Waals surface area contributed by atoms with E-state index in [9.17, 15) is 8.78 Å². The molecule has 2 saturated heterocycles. The molecule has 36 heavy (non-hydrogen) atoms. The molecule has 2 aromatic carbocycles. The largest absolute Gasteiger partial charge is 0.494 e. The first-order valence-corrected chi connectivity index (χ1v) is 12.1. The zero-order valence-electron chi connectivity index (χ0n) is 23.0. The van der Waals surface area contributed by atoms with E-state index in [2.05, 4.69) is 0 Å². The highest BCUT2D eigenvalue weighted by atomic mass is 19.1. The summed E-state index contributed by atoms with van der Waals surface area (Å²) in [6.45, 7) is 15.8. The first-order valence-electron chi connectivity index (χ1n) is 12.1. The van der Waals surface area contributed by atoms with Crippen molar-refractivity contribution in [1.82, 2.24) is 0 Å². The summed E-state index contributed by atoms with van der Waals surface area (Å²) in [5.41, 5.74) is 5.82. The molecule has 10 heteroatoms. The molecule has 0 saturated carbocycles. The molecule has 2 heterocycles. The summed E-state index contributed by atoms with van der Waals surface area (Å²) < 4.78 is 50.8. The Labute approximate surface area is 214 Å². The number of hydrogen-bond acceptors (Lipinski definition) is 6. The second-order valence-electron chi connectivity index (χ2n) is 11.6. The Hall–Kier alpha value is -2.13. The van der Waals surface area contributed by atoms with Crippen LogP contribution in [0.2, 0.25) is 0 Å². The first-order chi connectivity index (χ1) is 16.4. The van der Waals surface area contributed by atoms with Crippen molar-refractivity contribution in [2.75, 3.05) is 24.7 Å². The Morgan fingerprint density at radius 2 is 1.00 bits per heavy atom. The Morgan fingerprint density at radius 1 is 0.639 bits per heavy atom. The van der Waals surface area contributed by atoms with Crippen molar-refractivity contribution in [2.24, 2.45) is 0 Å². The van der Waals surface area contributed by atoms with Gasteiger partial charge in [0.25, 0.3) is 0 Å². The van der Waals surface area contributed by atoms with E-state index in [4.69, 9.17) is 24.4 Å². The lowest BCUT2D eigenvalue weighted by molar-refractivity contribution is 0.00578. The maximum absolute atomic E-state index is 14.0. The van der Waals surface area contributed by atoms with Crippen molar-refractivity contribution in [1.29, 1.82) is 0 Å². The van der Waals surface area contributed by atoms with Gasteiger partial charge in [-0.2, -0.15) is 0 Å². The van der Waals surface area contributed by atoms with Gasteiger partial charge in [-0.25, -0.2) is 8.78 Å². The Kier molecular flexibility index (Phi) is 7.61. The van der Waals surface area contributed by atoms with Gasteiger partial charge in [0.1, 0.15) is 11.6 Å². The summed E-state index contributed by atoms with van der Waals surface area (Å²) in [6, 6.07) is 9.68. The number of benzene rings is 2. The lowest BCUT2D eigenvalue weighted by Gasteiger charge is -2.32. The van der Waals surface area contributed by atoms with Crippen LogP contribution in [0, 0.1) is 11.6 Å². The van der Waals surface area contributed by atoms with Gasteiger partial charge in [-0.3, -0.25) is 0 Å². The van der Waals surface area contributed by atoms with Crippen LogP contribution >= 0.6 is 0 Å². The fraction of sp³-hybridized carbons (Fsp3) is 0.538. The van der Waals surface area contributed by atoms with Gasteiger partial charge >= 0.3 is 14.2 Å². The molecular weight excluding hydrogens is 464 g/mol. The number of hydrogen-bond donors (Lipinski definition) is 1. The Bertz CT molecular complexity index is 1080. The summed E-state index contributed by atoms with van der Waals surface area (Å²) in [4.78, 5) is 1.74. The molecule has 2 aromatic rings. The van der Waals surface area contributed by atoms with Crippen LogP contribution in [0.25, 0.3) is 0 Å². The van der Waals surface area contributed by atoms with Gasteiger partial charge in [0.15, 0.2) is 0 Å². The minimum atomic E-state index is -0.546. The lowest BCUT2D eigenvalue weighted by atomic mass is 9.79. The van der Waals surface area contributed by atoms with E-state index < -0.39 is 42.5 Å². The summed E-state index contributed by atoms with van der Waals surface area (Å²) >= 11 is 0. The molecule has 196 valence electrons. The summed E-state index contributed by atoms with van der Waals surface area (Å²) in [7, 11) is 2.56. The Morgan fingerprint density at radius 3 is 1.33 bits per heavy atom. The number of nitrogens with zero attached hydrogens (tertiary/aromatic N) is 1. The molecule has 0 bridgehead atoms. The maximum Gasteiger partial charge on any atom is 0.494 e. The summed E-state index contributed by atoms with van der Waals surface area (Å²) in [6.07, 6.45) is 0. The molecule has 0 unspecified atom stereocenters. The predicted octanol–water partition coefficient (Wildman–Crippen LogP) is 3.90. The minimum Gasteiger partial charge on any atom is -0.399 e. The third-order valence-corrected chi connectivity index (χ3v) is 7.53. The van der Waals surface area contributed by atoms with Crippen LogP contribution in [0.15, 0.2) is 36.4 Å². The van der Waals surface area contributed by atoms with Crippen molar-refractivity contribution in [3.8, 4) is 0 Å². The topological polar surface area (TPSA) is 66.2 Å². The van der Waals surface area contributed by atoms with E-state index in [1.54, 1.807) is 17.0 Å². The van der Waals surface area contributed by atoms with E-state index in [0.717, 1.165) is 0 Å². The summed E-state index contributed by atoms with van der Waals surface area (Å²) in [5, 5.41) is 0. The quantitative estimate of drug-likeness (QED) is 0.508. The number of nitrogen functional groups attached to an aromatic ring is 1. The zero-order valence-corrected chi connectivity index (χ0v) is 23.0. The number of nitrogens with two attached hydrogens (primary N) is 1. The molecule has 0 aromatic heterocycles. The standard InChI is InChI=1S/C14H21BFNO2.C12H17BFNO2/c1-13(2)14(3,4)19-15(18-13)10-7-8-12(17(5)6)11(16)9-10;1-11(2)12(3,4)17-13(16-11)8-5-6-10(15)9(14)7-8/h7-9H,1-6H3;5-7H,15H2,1-4H3. The van der Waals surface area contributed by atoms with Gasteiger partial charge in [-0.15, -0.1) is 0 Å². The van der Waals surface area contributed by atoms with Gasteiger partial charge in [0, 0.05) is 14.1 Å². The smallest absolute Gasteiger partial charge is 0.399 e. The highest BCUT2D eigenvalue weighted by Gasteiger charge is 2.52. The van der Waals surface area contributed by atoms with Crippen LogP contribution in [-0.2, 0) is 18.6 Å². The van der Waals surface area contributed by atoms with Crippen LogP contribution < -0.4 is 21.6 Å². The molecule has 6 nitrogen and oxygen atoms in total. The molecular formula is C26H38B2F2N2O4. The molecule has 4 rings (SSSR count). The Balaban J connectivity index is 0.000000202. The maximum atomic E-state index is 14.0. The van der Waals surface area contributed by atoms with Crippen molar-refractivity contribution < 1.29 is 27.4 Å². The van der Waals surface area contributed by atoms with E-state index in [0.29, 0.717) is 16.6 Å². The van der Waals surface area contributed by atoms with Crippen molar-refractivity contribution in [3.05, 3.63) is 48.0 Å². The lowest BCUT2D eigenvalue weighted by Crippen LogP contribution is -2.41. The van der Waals surface area contributed by atoms with Gasteiger partial charge in [0.05, 0.1) is 33.8 Å². The van der Waals surface area contributed by atoms with Gasteiger partial charge in [-0.1, -0.05) is 12.1 Å². The fourth-order valence-corrected chi connectivity index (χ4v) is 3.68. The molecule has 2 N–H and O–H groups in total. The van der Waals surface area contributed by atoms with E-state index in [1.807, 2.05) is 75.6 Å². The average Bonchev–Trinajstić information content (AvgIpc) is 3.09. The fourth-order valence-electron chi connectivity index (χ4n) is 3.68. The minimum absolute atomic E-state index is 0.130. The summed E-state index contributed by atoms with van der Waals surface area (Å²) in [5.74, 6) is -0.713. The zero-order chi connectivity index (χ0) is 27.3. The van der Waals surface area contributed by atoms with Gasteiger partial charge in [0.2, 0.25) is 0 Å². The van der Waals surface area contributed by atoms with Crippen molar-refractivity contribution in [3.63, 3.8) is 0 Å². The molecule has 0 atom stereocenters. The van der Waals surface area contributed by atoms with Gasteiger partial charge in [-0.05, 0) is 90.6 Å². The van der Waals surface area contributed by atoms with Crippen LogP contribution in [-0.4, -0.2) is 50.7 Å². The number of halogens is 2. The van der Waals surface area contributed by atoms with Crippen LogP contribution in [0.3, 0.4) is 0 Å². The average molecular weight is 502 g/mol. The SMILES string of the molecule is CC1(C)OB(c2ccc(N)c(F)c2)OC1(C)C.CN(C)c1ccc(B2OC(C)(C)C(C)(C)O2)cc1F. The second-order valence-corrected chi connectivity index (χ2v) is 11.6. The highest BCUT2D eigenvalue weighted by Crippen LogP contribution is 2.37. The second kappa shape index (κ2) is 9.63. The molecule has 0 radical (unpaired) electrons. The van der Waals surface area contributed by atoms with Crippen molar-refractivity contribution in [2.45, 2.75) is 77.8 Å². The number of rotatable bonds is 3. The van der Waals surface area contributed by atoms with Crippen molar-refractivity contribution >= 4 is 36.5 Å². The van der Waals surface area contributed by atoms with E-state index in [1.165, 1.54) is 18.2 Å². The van der Waals surface area contributed by atoms with Crippen LogP contribution in [0.1, 0.15) is 55.4 Å². The van der Waals surface area contributed by atoms with Crippen LogP contribution in [0.5, 0.6) is 0 Å². The first kappa shape index (κ1) is 28.4. The third kappa shape index (κ3) is 5.57. The predicted molar refractivity (Wildman–Crippen MR) is 143 cm³/mol. The molecule has 2 fully saturated rings. The normalized spacial score (nSPS) is 21.2. The number of anilines is 2. The molecule has 0 amide bonds. The molecule has 0 aliphatic carbocycles. The van der Waals surface area contributed by atoms with Crippen LogP contribution in [0.4, 0.5) is 20.2 Å². The van der Waals surface area contributed by atoms with Gasteiger partial charge < -0.3 is 29.3 Å². The third-order valence-electron chi connectivity index (χ3n) is 7.53. The molecule has 2 aliphatic heterocycles. The highest BCUT2D eigenvalue weighted by molar-refractivity contribution is 6.62. The van der Waals surface area contributed by atoms with E-state index in [-0.39, 0.29) is 11.5 Å².